The zero-order valence-electron chi connectivity index (χ0n) is 7.04. The van der Waals surface area contributed by atoms with Crippen molar-refractivity contribution in [2.75, 3.05) is 0 Å². The highest BCUT2D eigenvalue weighted by atomic mass is 16.6. The van der Waals surface area contributed by atoms with Crippen molar-refractivity contribution >= 4 is 6.29 Å². The van der Waals surface area contributed by atoms with Crippen LogP contribution >= 0.6 is 0 Å². The lowest BCUT2D eigenvalue weighted by molar-refractivity contribution is -0.108. The third-order valence-corrected chi connectivity index (χ3v) is 2.11. The first-order valence-electron chi connectivity index (χ1n) is 3.97. The lowest BCUT2D eigenvalue weighted by Crippen LogP contribution is -2.09. The standard InChI is InChI=1S/C9H14O2/c1-3-4-5-6-9(2)8(7-10)11-9/h3-4,7-8H,5-6H2,1-2H3/b4-3-/t8-,9-/m0/s1. The Balaban J connectivity index is 2.22. The van der Waals surface area contributed by atoms with Gasteiger partial charge in [0.25, 0.3) is 0 Å². The number of rotatable bonds is 4. The molecular formula is C9H14O2. The van der Waals surface area contributed by atoms with Gasteiger partial charge in [0, 0.05) is 0 Å². The van der Waals surface area contributed by atoms with Crippen molar-refractivity contribution in [3.63, 3.8) is 0 Å². The Hall–Kier alpha value is -0.630. The minimum atomic E-state index is -0.152. The molecule has 1 aliphatic rings. The Morgan fingerprint density at radius 1 is 1.64 bits per heavy atom. The predicted octanol–water partition coefficient (Wildman–Crippen LogP) is 1.70. The summed E-state index contributed by atoms with van der Waals surface area (Å²) in [5.41, 5.74) is -0.152. The fourth-order valence-corrected chi connectivity index (χ4v) is 1.17. The molecular weight excluding hydrogens is 140 g/mol. The van der Waals surface area contributed by atoms with Crippen LogP contribution in [-0.4, -0.2) is 18.0 Å². The Morgan fingerprint density at radius 3 is 2.82 bits per heavy atom. The van der Waals surface area contributed by atoms with E-state index in [9.17, 15) is 4.79 Å². The summed E-state index contributed by atoms with van der Waals surface area (Å²) in [6.07, 6.45) is 6.79. The average Bonchev–Trinajstić information content (AvgIpc) is 2.63. The smallest absolute Gasteiger partial charge is 0.151 e. The van der Waals surface area contributed by atoms with Crippen LogP contribution in [0.3, 0.4) is 0 Å². The van der Waals surface area contributed by atoms with Gasteiger partial charge in [-0.1, -0.05) is 12.2 Å². The summed E-state index contributed by atoms with van der Waals surface area (Å²) in [6, 6.07) is 0. The highest BCUT2D eigenvalue weighted by Gasteiger charge is 2.51. The monoisotopic (exact) mass is 154 g/mol. The topological polar surface area (TPSA) is 29.6 Å². The molecule has 0 spiro atoms. The van der Waals surface area contributed by atoms with Crippen LogP contribution in [0.5, 0.6) is 0 Å². The lowest BCUT2D eigenvalue weighted by Gasteiger charge is -1.99. The molecule has 2 heteroatoms. The van der Waals surface area contributed by atoms with Crippen LogP contribution in [0.2, 0.25) is 0 Å². The molecule has 0 aromatic carbocycles. The fourth-order valence-electron chi connectivity index (χ4n) is 1.17. The maximum absolute atomic E-state index is 10.3. The van der Waals surface area contributed by atoms with Gasteiger partial charge in [0.1, 0.15) is 6.10 Å². The van der Waals surface area contributed by atoms with Crippen molar-refractivity contribution in [2.24, 2.45) is 0 Å². The molecule has 0 aliphatic carbocycles. The quantitative estimate of drug-likeness (QED) is 0.350. The second-order valence-electron chi connectivity index (χ2n) is 3.09. The number of ether oxygens (including phenoxy) is 1. The largest absolute Gasteiger partial charge is 0.358 e. The molecule has 2 nitrogen and oxygen atoms in total. The Labute approximate surface area is 67.2 Å². The van der Waals surface area contributed by atoms with Crippen LogP contribution in [0, 0.1) is 0 Å². The Kier molecular flexibility index (Phi) is 2.45. The van der Waals surface area contributed by atoms with Crippen molar-refractivity contribution < 1.29 is 9.53 Å². The van der Waals surface area contributed by atoms with Gasteiger partial charge in [0.15, 0.2) is 6.29 Å². The van der Waals surface area contributed by atoms with Gasteiger partial charge >= 0.3 is 0 Å². The molecule has 1 aliphatic heterocycles. The molecule has 0 aromatic rings. The summed E-state index contributed by atoms with van der Waals surface area (Å²) in [5, 5.41) is 0. The van der Waals surface area contributed by atoms with Crippen molar-refractivity contribution in [3.05, 3.63) is 12.2 Å². The molecule has 1 rings (SSSR count). The second kappa shape index (κ2) is 3.18. The molecule has 0 aromatic heterocycles. The van der Waals surface area contributed by atoms with Crippen LogP contribution in [0.4, 0.5) is 0 Å². The van der Waals surface area contributed by atoms with Gasteiger partial charge in [-0.15, -0.1) is 0 Å². The van der Waals surface area contributed by atoms with Crippen molar-refractivity contribution in [3.8, 4) is 0 Å². The Morgan fingerprint density at radius 2 is 2.36 bits per heavy atom. The number of aldehydes is 1. The molecule has 0 N–H and O–H groups in total. The molecule has 1 saturated heterocycles. The molecule has 2 atom stereocenters. The van der Waals surface area contributed by atoms with E-state index >= 15 is 0 Å². The van der Waals surface area contributed by atoms with E-state index in [1.54, 1.807) is 0 Å². The summed E-state index contributed by atoms with van der Waals surface area (Å²) < 4.78 is 5.20. The molecule has 0 unspecified atom stereocenters. The summed E-state index contributed by atoms with van der Waals surface area (Å²) in [7, 11) is 0. The molecule has 62 valence electrons. The van der Waals surface area contributed by atoms with Crippen LogP contribution in [0.1, 0.15) is 26.7 Å². The van der Waals surface area contributed by atoms with Gasteiger partial charge in [-0.2, -0.15) is 0 Å². The number of carbonyl (C=O) groups excluding carboxylic acids is 1. The highest BCUT2D eigenvalue weighted by Crippen LogP contribution is 2.38. The first-order valence-corrected chi connectivity index (χ1v) is 3.97. The summed E-state index contributed by atoms with van der Waals surface area (Å²) in [6.45, 7) is 3.98. The second-order valence-corrected chi connectivity index (χ2v) is 3.09. The van der Waals surface area contributed by atoms with Gasteiger partial charge < -0.3 is 9.53 Å². The highest BCUT2D eigenvalue weighted by molar-refractivity contribution is 5.62. The number of allylic oxidation sites excluding steroid dienone is 2. The van der Waals surface area contributed by atoms with Gasteiger partial charge in [-0.3, -0.25) is 0 Å². The third kappa shape index (κ3) is 1.90. The Bertz CT molecular complexity index is 174. The van der Waals surface area contributed by atoms with Crippen LogP contribution in [0.15, 0.2) is 12.2 Å². The number of carbonyl (C=O) groups is 1. The van der Waals surface area contributed by atoms with Crippen molar-refractivity contribution in [1.29, 1.82) is 0 Å². The maximum Gasteiger partial charge on any atom is 0.151 e. The molecule has 0 saturated carbocycles. The van der Waals surface area contributed by atoms with Gasteiger partial charge in [-0.05, 0) is 26.7 Å². The molecule has 0 amide bonds. The van der Waals surface area contributed by atoms with Gasteiger partial charge in [0.2, 0.25) is 0 Å². The van der Waals surface area contributed by atoms with E-state index in [1.807, 2.05) is 19.9 Å². The van der Waals surface area contributed by atoms with Crippen molar-refractivity contribution in [2.45, 2.75) is 38.4 Å². The predicted molar refractivity (Wildman–Crippen MR) is 43.4 cm³/mol. The molecule has 0 radical (unpaired) electrons. The first-order chi connectivity index (χ1) is 5.23. The number of hydrogen-bond donors (Lipinski definition) is 0. The van der Waals surface area contributed by atoms with E-state index < -0.39 is 0 Å². The van der Waals surface area contributed by atoms with E-state index in [0.29, 0.717) is 0 Å². The number of hydrogen-bond acceptors (Lipinski definition) is 2. The minimum absolute atomic E-state index is 0.146. The first kappa shape index (κ1) is 8.47. The lowest BCUT2D eigenvalue weighted by atomic mass is 10.0. The van der Waals surface area contributed by atoms with E-state index in [1.165, 1.54) is 0 Å². The summed E-state index contributed by atoms with van der Waals surface area (Å²) >= 11 is 0. The van der Waals surface area contributed by atoms with Crippen LogP contribution < -0.4 is 0 Å². The molecule has 0 bridgehead atoms. The zero-order chi connectivity index (χ0) is 8.32. The third-order valence-electron chi connectivity index (χ3n) is 2.11. The molecule has 11 heavy (non-hydrogen) atoms. The van der Waals surface area contributed by atoms with E-state index in [4.69, 9.17) is 4.74 Å². The maximum atomic E-state index is 10.3. The number of epoxide rings is 1. The molecule has 1 heterocycles. The summed E-state index contributed by atoms with van der Waals surface area (Å²) in [5.74, 6) is 0. The SMILES string of the molecule is C/C=C\CC[C@]1(C)O[C@H]1C=O. The van der Waals surface area contributed by atoms with Crippen LogP contribution in [-0.2, 0) is 9.53 Å². The van der Waals surface area contributed by atoms with E-state index in [-0.39, 0.29) is 11.7 Å². The van der Waals surface area contributed by atoms with E-state index in [0.717, 1.165) is 19.1 Å². The van der Waals surface area contributed by atoms with Gasteiger partial charge in [-0.25, -0.2) is 0 Å². The normalized spacial score (nSPS) is 36.0. The average molecular weight is 154 g/mol. The van der Waals surface area contributed by atoms with E-state index in [2.05, 4.69) is 6.08 Å². The minimum Gasteiger partial charge on any atom is -0.358 e. The molecule has 1 fully saturated rings. The summed E-state index contributed by atoms with van der Waals surface area (Å²) in [4.78, 5) is 10.3. The van der Waals surface area contributed by atoms with Crippen molar-refractivity contribution in [1.82, 2.24) is 0 Å². The zero-order valence-corrected chi connectivity index (χ0v) is 7.04. The van der Waals surface area contributed by atoms with Gasteiger partial charge in [0.05, 0.1) is 5.60 Å². The fraction of sp³-hybridized carbons (Fsp3) is 0.667. The van der Waals surface area contributed by atoms with Crippen LogP contribution in [0.25, 0.3) is 0 Å².